The summed E-state index contributed by atoms with van der Waals surface area (Å²) >= 11 is 1.32. The first kappa shape index (κ1) is 19.0. The predicted octanol–water partition coefficient (Wildman–Crippen LogP) is 2.72. The van der Waals surface area contributed by atoms with Gasteiger partial charge in [-0.1, -0.05) is 23.9 Å². The van der Waals surface area contributed by atoms with E-state index in [-0.39, 0.29) is 17.4 Å². The standard InChI is InChI=1S/C17H17F2N5O2S/c1-23(8-11-3-5-12(6-4-11)26-17(18)19)14(25)9-27-16-13-7-22-24(2)15(13)20-10-21-16/h3-7,10,17H,8-9H2,1-2H3. The van der Waals surface area contributed by atoms with Crippen LogP contribution in [0.4, 0.5) is 8.78 Å². The van der Waals surface area contributed by atoms with Crippen molar-refractivity contribution in [3.63, 3.8) is 0 Å². The lowest BCUT2D eigenvalue weighted by atomic mass is 10.2. The van der Waals surface area contributed by atoms with Crippen molar-refractivity contribution in [2.75, 3.05) is 12.8 Å². The lowest BCUT2D eigenvalue weighted by Crippen LogP contribution is -2.27. The molecule has 0 radical (unpaired) electrons. The van der Waals surface area contributed by atoms with Gasteiger partial charge in [-0.05, 0) is 17.7 Å². The monoisotopic (exact) mass is 393 g/mol. The summed E-state index contributed by atoms with van der Waals surface area (Å²) in [6, 6.07) is 6.21. The van der Waals surface area contributed by atoms with Crippen LogP contribution in [-0.2, 0) is 18.4 Å². The number of benzene rings is 1. The summed E-state index contributed by atoms with van der Waals surface area (Å²) in [5.41, 5.74) is 1.52. The Morgan fingerprint density at radius 2 is 2.04 bits per heavy atom. The highest BCUT2D eigenvalue weighted by molar-refractivity contribution is 8.00. The smallest absolute Gasteiger partial charge is 0.387 e. The normalized spacial score (nSPS) is 11.1. The number of halogens is 2. The fourth-order valence-electron chi connectivity index (χ4n) is 2.43. The molecule has 0 N–H and O–H groups in total. The zero-order valence-electron chi connectivity index (χ0n) is 14.7. The van der Waals surface area contributed by atoms with E-state index >= 15 is 0 Å². The van der Waals surface area contributed by atoms with Crippen LogP contribution in [0.25, 0.3) is 11.0 Å². The Hall–Kier alpha value is -2.75. The second kappa shape index (κ2) is 8.30. The molecule has 0 spiro atoms. The topological polar surface area (TPSA) is 73.1 Å². The highest BCUT2D eigenvalue weighted by Crippen LogP contribution is 2.24. The summed E-state index contributed by atoms with van der Waals surface area (Å²) < 4.78 is 30.3. The quantitative estimate of drug-likeness (QED) is 0.454. The number of alkyl halides is 2. The molecule has 1 aromatic carbocycles. The first-order valence-corrected chi connectivity index (χ1v) is 8.96. The van der Waals surface area contributed by atoms with E-state index in [0.29, 0.717) is 17.2 Å². The third-order valence-electron chi connectivity index (χ3n) is 3.82. The van der Waals surface area contributed by atoms with Crippen LogP contribution in [-0.4, -0.2) is 50.0 Å². The van der Waals surface area contributed by atoms with Crippen LogP contribution in [0, 0.1) is 0 Å². The number of thioether (sulfide) groups is 1. The second-order valence-corrected chi connectivity index (χ2v) is 6.71. The van der Waals surface area contributed by atoms with Crippen molar-refractivity contribution in [2.24, 2.45) is 7.05 Å². The number of rotatable bonds is 7. The average Bonchev–Trinajstić information content (AvgIpc) is 3.02. The van der Waals surface area contributed by atoms with Crippen LogP contribution in [0.1, 0.15) is 5.56 Å². The summed E-state index contributed by atoms with van der Waals surface area (Å²) in [7, 11) is 3.48. The van der Waals surface area contributed by atoms with Crippen LogP contribution in [0.3, 0.4) is 0 Å². The molecule has 0 saturated carbocycles. The number of amides is 1. The van der Waals surface area contributed by atoms with Gasteiger partial charge >= 0.3 is 6.61 Å². The molecular formula is C17H17F2N5O2S. The summed E-state index contributed by atoms with van der Waals surface area (Å²) in [6.45, 7) is -2.49. The van der Waals surface area contributed by atoms with Gasteiger partial charge in [0.2, 0.25) is 5.91 Å². The Morgan fingerprint density at radius 3 is 2.74 bits per heavy atom. The van der Waals surface area contributed by atoms with E-state index < -0.39 is 6.61 Å². The SMILES string of the molecule is CN(Cc1ccc(OC(F)F)cc1)C(=O)CSc1ncnc2c1cnn2C. The van der Waals surface area contributed by atoms with E-state index in [1.54, 1.807) is 42.0 Å². The predicted molar refractivity (Wildman–Crippen MR) is 96.6 cm³/mol. The lowest BCUT2D eigenvalue weighted by molar-refractivity contribution is -0.127. The second-order valence-electron chi connectivity index (χ2n) is 5.75. The highest BCUT2D eigenvalue weighted by atomic mass is 32.2. The van der Waals surface area contributed by atoms with Crippen LogP contribution < -0.4 is 4.74 Å². The molecule has 0 fully saturated rings. The number of carbonyl (C=O) groups excluding carboxylic acids is 1. The maximum atomic E-state index is 12.4. The van der Waals surface area contributed by atoms with Gasteiger partial charge in [0.15, 0.2) is 5.65 Å². The molecule has 0 bridgehead atoms. The summed E-state index contributed by atoms with van der Waals surface area (Å²) in [6.07, 6.45) is 3.12. The minimum atomic E-state index is -2.86. The summed E-state index contributed by atoms with van der Waals surface area (Å²) in [5, 5.41) is 5.65. The minimum Gasteiger partial charge on any atom is -0.435 e. The Balaban J connectivity index is 1.57. The first-order valence-electron chi connectivity index (χ1n) is 7.97. The molecule has 7 nitrogen and oxygen atoms in total. The Kier molecular flexibility index (Phi) is 5.84. The molecule has 142 valence electrons. The molecule has 0 aliphatic heterocycles. The number of hydrogen-bond donors (Lipinski definition) is 0. The molecule has 1 amide bonds. The van der Waals surface area contributed by atoms with Crippen molar-refractivity contribution in [2.45, 2.75) is 18.2 Å². The van der Waals surface area contributed by atoms with E-state index in [1.165, 1.54) is 30.2 Å². The zero-order chi connectivity index (χ0) is 19.4. The van der Waals surface area contributed by atoms with Crippen molar-refractivity contribution in [1.29, 1.82) is 0 Å². The van der Waals surface area contributed by atoms with Crippen molar-refractivity contribution in [1.82, 2.24) is 24.6 Å². The fourth-order valence-corrected chi connectivity index (χ4v) is 3.34. The van der Waals surface area contributed by atoms with E-state index in [4.69, 9.17) is 0 Å². The van der Waals surface area contributed by atoms with Crippen LogP contribution >= 0.6 is 11.8 Å². The van der Waals surface area contributed by atoms with E-state index in [0.717, 1.165) is 10.9 Å². The van der Waals surface area contributed by atoms with E-state index in [1.807, 2.05) is 0 Å². The van der Waals surface area contributed by atoms with Gasteiger partial charge in [0.1, 0.15) is 17.1 Å². The number of hydrogen-bond acceptors (Lipinski definition) is 6. The fraction of sp³-hybridized carbons (Fsp3) is 0.294. The molecule has 10 heteroatoms. The molecule has 0 unspecified atom stereocenters. The van der Waals surface area contributed by atoms with Gasteiger partial charge in [-0.3, -0.25) is 9.48 Å². The third-order valence-corrected chi connectivity index (χ3v) is 4.81. The maximum absolute atomic E-state index is 12.4. The molecule has 2 heterocycles. The van der Waals surface area contributed by atoms with Crippen molar-refractivity contribution >= 4 is 28.7 Å². The molecular weight excluding hydrogens is 376 g/mol. The van der Waals surface area contributed by atoms with Crippen molar-refractivity contribution < 1.29 is 18.3 Å². The Labute approximate surface area is 158 Å². The van der Waals surface area contributed by atoms with E-state index in [2.05, 4.69) is 19.8 Å². The highest BCUT2D eigenvalue weighted by Gasteiger charge is 2.14. The largest absolute Gasteiger partial charge is 0.435 e. The van der Waals surface area contributed by atoms with Gasteiger partial charge in [-0.25, -0.2) is 9.97 Å². The van der Waals surface area contributed by atoms with Crippen LogP contribution in [0.15, 0.2) is 41.8 Å². The Morgan fingerprint density at radius 1 is 1.30 bits per heavy atom. The summed E-state index contributed by atoms with van der Waals surface area (Å²) in [4.78, 5) is 22.3. The molecule has 0 atom stereocenters. The molecule has 0 saturated heterocycles. The number of ether oxygens (including phenoxy) is 1. The minimum absolute atomic E-state index is 0.0800. The summed E-state index contributed by atoms with van der Waals surface area (Å²) in [5.74, 6) is 0.218. The Bertz CT molecular complexity index is 933. The molecule has 0 aliphatic carbocycles. The molecule has 0 aliphatic rings. The van der Waals surface area contributed by atoms with Crippen molar-refractivity contribution in [3.05, 3.63) is 42.4 Å². The molecule has 2 aromatic heterocycles. The zero-order valence-corrected chi connectivity index (χ0v) is 15.5. The number of aryl methyl sites for hydroxylation is 1. The van der Waals surface area contributed by atoms with Gasteiger partial charge in [-0.2, -0.15) is 13.9 Å². The average molecular weight is 393 g/mol. The number of aromatic nitrogens is 4. The third kappa shape index (κ3) is 4.70. The molecule has 3 rings (SSSR count). The van der Waals surface area contributed by atoms with Gasteiger partial charge < -0.3 is 9.64 Å². The lowest BCUT2D eigenvalue weighted by Gasteiger charge is -2.17. The number of carbonyl (C=O) groups is 1. The molecule has 3 aromatic rings. The number of fused-ring (bicyclic) bond motifs is 1. The van der Waals surface area contributed by atoms with Crippen LogP contribution in [0.2, 0.25) is 0 Å². The van der Waals surface area contributed by atoms with Crippen molar-refractivity contribution in [3.8, 4) is 5.75 Å². The molecule has 27 heavy (non-hydrogen) atoms. The maximum Gasteiger partial charge on any atom is 0.387 e. The van der Waals surface area contributed by atoms with Gasteiger partial charge in [-0.15, -0.1) is 0 Å². The van der Waals surface area contributed by atoms with Gasteiger partial charge in [0.05, 0.1) is 17.3 Å². The van der Waals surface area contributed by atoms with Crippen LogP contribution in [0.5, 0.6) is 5.75 Å². The van der Waals surface area contributed by atoms with E-state index in [9.17, 15) is 13.6 Å². The first-order chi connectivity index (χ1) is 12.9. The number of nitrogens with zero attached hydrogens (tertiary/aromatic N) is 5. The van der Waals surface area contributed by atoms with Gasteiger partial charge in [0.25, 0.3) is 0 Å². The van der Waals surface area contributed by atoms with Gasteiger partial charge in [0, 0.05) is 20.6 Å².